The lowest BCUT2D eigenvalue weighted by Gasteiger charge is -2.19. The van der Waals surface area contributed by atoms with Gasteiger partial charge in [0.05, 0.1) is 0 Å². The van der Waals surface area contributed by atoms with E-state index in [1.54, 1.807) is 12.1 Å². The number of Topliss-reactive ketones (excluding diaryl/α,β-unsaturated/α-hetero) is 1. The Hall–Kier alpha value is -2.37. The summed E-state index contributed by atoms with van der Waals surface area (Å²) >= 11 is 0. The average Bonchev–Trinajstić information content (AvgIpc) is 2.69. The monoisotopic (exact) mass is 412 g/mol. The normalized spacial score (nSPS) is 13.6. The van der Waals surface area contributed by atoms with Crippen LogP contribution in [0.5, 0.6) is 11.5 Å². The minimum Gasteiger partial charge on any atom is -0.508 e. The lowest BCUT2D eigenvalue weighted by Crippen LogP contribution is -2.17. The van der Waals surface area contributed by atoms with Crippen LogP contribution in [0.2, 0.25) is 0 Å². The molecule has 0 radical (unpaired) electrons. The highest BCUT2D eigenvalue weighted by molar-refractivity contribution is 5.91. The van der Waals surface area contributed by atoms with Gasteiger partial charge in [0.15, 0.2) is 0 Å². The van der Waals surface area contributed by atoms with Crippen molar-refractivity contribution in [1.82, 2.24) is 9.80 Å². The molecule has 30 heavy (non-hydrogen) atoms. The number of nitrogens with zero attached hydrogens (tertiary/aromatic N) is 2. The fourth-order valence-corrected chi connectivity index (χ4v) is 3.51. The molecule has 2 aromatic carbocycles. The second kappa shape index (κ2) is 10.6. The van der Waals surface area contributed by atoms with Crippen molar-refractivity contribution in [1.29, 1.82) is 0 Å². The number of hydrogen-bond acceptors (Lipinski definition) is 5. The van der Waals surface area contributed by atoms with Crippen LogP contribution in [0.1, 0.15) is 47.9 Å². The second-order valence-electron chi connectivity index (χ2n) is 8.73. The van der Waals surface area contributed by atoms with Gasteiger partial charge in [0.2, 0.25) is 0 Å². The van der Waals surface area contributed by atoms with E-state index >= 15 is 0 Å². The number of rotatable bonds is 10. The molecule has 0 saturated heterocycles. The Bertz CT molecular complexity index is 792. The van der Waals surface area contributed by atoms with E-state index in [0.717, 1.165) is 48.2 Å². The Balaban J connectivity index is 2.11. The first kappa shape index (κ1) is 23.9. The summed E-state index contributed by atoms with van der Waals surface area (Å²) in [5, 5.41) is 20.8. The Morgan fingerprint density at radius 2 is 1.13 bits per heavy atom. The maximum Gasteiger partial charge on any atom is 0.147 e. The van der Waals surface area contributed by atoms with Gasteiger partial charge < -0.3 is 20.0 Å². The van der Waals surface area contributed by atoms with Crippen molar-refractivity contribution in [2.75, 3.05) is 41.3 Å². The molecule has 5 heteroatoms. The SMILES string of the molecule is CC(C(=O)C(C)c1ccc(CCN(C)C)c(O)c1)c1ccc(CCN(C)C)c(O)c1. The first-order valence-corrected chi connectivity index (χ1v) is 10.6. The molecule has 164 valence electrons. The molecule has 5 nitrogen and oxygen atoms in total. The van der Waals surface area contributed by atoms with Crippen LogP contribution in [-0.4, -0.2) is 67.1 Å². The van der Waals surface area contributed by atoms with E-state index in [1.165, 1.54) is 0 Å². The van der Waals surface area contributed by atoms with Gasteiger partial charge in [0, 0.05) is 24.9 Å². The highest BCUT2D eigenvalue weighted by Gasteiger charge is 2.24. The predicted molar refractivity (Wildman–Crippen MR) is 123 cm³/mol. The van der Waals surface area contributed by atoms with E-state index in [4.69, 9.17) is 0 Å². The number of aromatic hydroxyl groups is 2. The van der Waals surface area contributed by atoms with Crippen LogP contribution in [0.3, 0.4) is 0 Å². The fraction of sp³-hybridized carbons (Fsp3) is 0.480. The maximum atomic E-state index is 13.1. The molecule has 0 aromatic heterocycles. The number of phenols is 2. The van der Waals surface area contributed by atoms with Gasteiger partial charge in [0.25, 0.3) is 0 Å². The molecule has 2 unspecified atom stereocenters. The van der Waals surface area contributed by atoms with Crippen LogP contribution in [0, 0.1) is 0 Å². The quantitative estimate of drug-likeness (QED) is 0.622. The number of carbonyl (C=O) groups is 1. The molecule has 2 aromatic rings. The summed E-state index contributed by atoms with van der Waals surface area (Å²) in [5.41, 5.74) is 3.39. The van der Waals surface area contributed by atoms with Crippen LogP contribution >= 0.6 is 0 Å². The zero-order valence-electron chi connectivity index (χ0n) is 19.1. The maximum absolute atomic E-state index is 13.1. The molecule has 2 rings (SSSR count). The van der Waals surface area contributed by atoms with Crippen molar-refractivity contribution in [3.63, 3.8) is 0 Å². The van der Waals surface area contributed by atoms with E-state index in [0.29, 0.717) is 0 Å². The number of carbonyl (C=O) groups excluding carboxylic acids is 1. The number of benzene rings is 2. The predicted octanol–water partition coefficient (Wildman–Crippen LogP) is 3.78. The zero-order valence-corrected chi connectivity index (χ0v) is 19.1. The van der Waals surface area contributed by atoms with Gasteiger partial charge in [-0.2, -0.15) is 0 Å². The molecule has 0 bridgehead atoms. The number of ketones is 1. The van der Waals surface area contributed by atoms with E-state index in [9.17, 15) is 15.0 Å². The largest absolute Gasteiger partial charge is 0.508 e. The molecule has 0 heterocycles. The summed E-state index contributed by atoms with van der Waals surface area (Å²) < 4.78 is 0. The van der Waals surface area contributed by atoms with Gasteiger partial charge in [-0.05, 0) is 75.4 Å². The highest BCUT2D eigenvalue weighted by atomic mass is 16.3. The minimum absolute atomic E-state index is 0.0656. The number of hydrogen-bond donors (Lipinski definition) is 2. The zero-order chi connectivity index (χ0) is 22.4. The van der Waals surface area contributed by atoms with Crippen molar-refractivity contribution in [3.05, 3.63) is 58.7 Å². The lowest BCUT2D eigenvalue weighted by molar-refractivity contribution is -0.121. The first-order valence-electron chi connectivity index (χ1n) is 10.6. The summed E-state index contributed by atoms with van der Waals surface area (Å²) in [6.07, 6.45) is 1.52. The summed E-state index contributed by atoms with van der Waals surface area (Å²) in [5.74, 6) is -0.140. The molecule has 0 aliphatic rings. The molecule has 0 aliphatic carbocycles. The summed E-state index contributed by atoms with van der Waals surface area (Å²) in [6, 6.07) is 11.1. The Labute approximate surface area is 181 Å². The van der Waals surface area contributed by atoms with Crippen LogP contribution in [0.25, 0.3) is 0 Å². The third-order valence-electron chi connectivity index (χ3n) is 5.73. The van der Waals surface area contributed by atoms with Crippen molar-refractivity contribution in [2.24, 2.45) is 0 Å². The molecule has 0 saturated carbocycles. The third-order valence-corrected chi connectivity index (χ3v) is 5.73. The Morgan fingerprint density at radius 3 is 1.43 bits per heavy atom. The van der Waals surface area contributed by atoms with Crippen molar-refractivity contribution in [3.8, 4) is 11.5 Å². The molecular formula is C25H36N2O3. The summed E-state index contributed by atoms with van der Waals surface area (Å²) in [6.45, 7) is 5.45. The van der Waals surface area contributed by atoms with Gasteiger partial charge in [-0.25, -0.2) is 0 Å². The topological polar surface area (TPSA) is 64.0 Å². The molecule has 0 aliphatic heterocycles. The van der Waals surface area contributed by atoms with Crippen LogP contribution in [-0.2, 0) is 17.6 Å². The second-order valence-corrected chi connectivity index (χ2v) is 8.73. The van der Waals surface area contributed by atoms with Gasteiger partial charge in [0.1, 0.15) is 17.3 Å². The molecule has 0 spiro atoms. The smallest absolute Gasteiger partial charge is 0.147 e. The van der Waals surface area contributed by atoms with Crippen molar-refractivity contribution >= 4 is 5.78 Å². The standard InChI is InChI=1S/C25H36N2O3/c1-17(21-9-7-19(23(28)15-21)11-13-26(3)4)25(30)18(2)22-10-8-20(24(29)16-22)12-14-27(5)6/h7-10,15-18,28-29H,11-14H2,1-6H3. The van der Waals surface area contributed by atoms with Crippen LogP contribution < -0.4 is 0 Å². The summed E-state index contributed by atoms with van der Waals surface area (Å²) in [4.78, 5) is 17.2. The number of phenolic OH excluding ortho intramolecular Hbond substituents is 2. The molecular weight excluding hydrogens is 376 g/mol. The van der Waals surface area contributed by atoms with Gasteiger partial charge in [-0.3, -0.25) is 4.79 Å². The molecule has 2 N–H and O–H groups in total. The van der Waals surface area contributed by atoms with E-state index in [2.05, 4.69) is 9.80 Å². The minimum atomic E-state index is -0.343. The van der Waals surface area contributed by atoms with E-state index in [1.807, 2.05) is 66.3 Å². The Morgan fingerprint density at radius 1 is 0.767 bits per heavy atom. The van der Waals surface area contributed by atoms with E-state index < -0.39 is 0 Å². The van der Waals surface area contributed by atoms with E-state index in [-0.39, 0.29) is 29.1 Å². The van der Waals surface area contributed by atoms with Gasteiger partial charge in [-0.1, -0.05) is 38.1 Å². The summed E-state index contributed by atoms with van der Waals surface area (Å²) in [7, 11) is 8.00. The highest BCUT2D eigenvalue weighted by Crippen LogP contribution is 2.31. The lowest BCUT2D eigenvalue weighted by atomic mass is 9.85. The molecule has 0 amide bonds. The fourth-order valence-electron chi connectivity index (χ4n) is 3.51. The average molecular weight is 413 g/mol. The van der Waals surface area contributed by atoms with Crippen molar-refractivity contribution in [2.45, 2.75) is 38.5 Å². The molecule has 2 atom stereocenters. The van der Waals surface area contributed by atoms with Gasteiger partial charge in [-0.15, -0.1) is 0 Å². The first-order chi connectivity index (χ1) is 14.1. The Kier molecular flexibility index (Phi) is 8.44. The van der Waals surface area contributed by atoms with Gasteiger partial charge >= 0.3 is 0 Å². The number of likely N-dealkylation sites (N-methyl/N-ethyl adjacent to an activating group) is 2. The molecule has 0 fully saturated rings. The van der Waals surface area contributed by atoms with Crippen molar-refractivity contribution < 1.29 is 15.0 Å². The third kappa shape index (κ3) is 6.31. The van der Waals surface area contributed by atoms with Crippen LogP contribution in [0.4, 0.5) is 0 Å². The van der Waals surface area contributed by atoms with Crippen LogP contribution in [0.15, 0.2) is 36.4 Å².